The molecular formula is C10H18O4. The maximum absolute atomic E-state index is 10.6. The number of Topliss-reactive ketones (excluding diaryl/α,β-unsaturated/α-hetero) is 1. The summed E-state index contributed by atoms with van der Waals surface area (Å²) >= 11 is 0. The summed E-state index contributed by atoms with van der Waals surface area (Å²) in [5, 5.41) is 0. The number of hydrogen-bond acceptors (Lipinski definition) is 4. The molecule has 1 heterocycles. The van der Waals surface area contributed by atoms with Crippen molar-refractivity contribution in [3.8, 4) is 0 Å². The summed E-state index contributed by atoms with van der Waals surface area (Å²) < 4.78 is 9.31. The van der Waals surface area contributed by atoms with Crippen LogP contribution in [0.15, 0.2) is 0 Å². The van der Waals surface area contributed by atoms with Crippen molar-refractivity contribution >= 4 is 11.8 Å². The lowest BCUT2D eigenvalue weighted by molar-refractivity contribution is -0.134. The second kappa shape index (κ2) is 4.09. The van der Waals surface area contributed by atoms with E-state index in [0.717, 1.165) is 0 Å². The molecule has 14 heavy (non-hydrogen) atoms. The van der Waals surface area contributed by atoms with Gasteiger partial charge in [-0.15, -0.1) is 0 Å². The lowest BCUT2D eigenvalue weighted by Crippen LogP contribution is -2.31. The van der Waals surface area contributed by atoms with E-state index in [0.29, 0.717) is 0 Å². The predicted octanol–water partition coefficient (Wildman–Crippen LogP) is 1.32. The van der Waals surface area contributed by atoms with Crippen LogP contribution in [0.5, 0.6) is 0 Å². The van der Waals surface area contributed by atoms with Crippen LogP contribution < -0.4 is 0 Å². The summed E-state index contributed by atoms with van der Waals surface area (Å²) in [4.78, 5) is 20.6. The molecule has 0 aromatic heterocycles. The minimum atomic E-state index is -0.597. The molecule has 0 spiro atoms. The van der Waals surface area contributed by atoms with Gasteiger partial charge in [0.1, 0.15) is 5.60 Å². The normalized spacial score (nSPS) is 17.7. The van der Waals surface area contributed by atoms with Crippen molar-refractivity contribution in [2.75, 3.05) is 7.11 Å². The highest BCUT2D eigenvalue weighted by Gasteiger charge is 2.48. The maximum Gasteiger partial charge on any atom is 0.351 e. The van der Waals surface area contributed by atoms with E-state index in [1.807, 2.05) is 0 Å². The Kier molecular flexibility index (Phi) is 3.82. The predicted molar refractivity (Wildman–Crippen MR) is 51.9 cm³/mol. The smallest absolute Gasteiger partial charge is 0.351 e. The third kappa shape index (κ3) is 3.87. The molecule has 0 N–H and O–H groups in total. The van der Waals surface area contributed by atoms with Crippen LogP contribution in [0.25, 0.3) is 0 Å². The molecule has 82 valence electrons. The largest absolute Gasteiger partial charge is 0.445 e. The Hall–Kier alpha value is -0.900. The van der Waals surface area contributed by atoms with E-state index in [2.05, 4.69) is 4.74 Å². The Bertz CT molecular complexity index is 241. The molecule has 1 aliphatic rings. The van der Waals surface area contributed by atoms with Crippen LogP contribution in [0.1, 0.15) is 34.6 Å². The summed E-state index contributed by atoms with van der Waals surface area (Å²) in [5.41, 5.74) is -1.03. The van der Waals surface area contributed by atoms with Crippen molar-refractivity contribution in [2.24, 2.45) is 0 Å². The zero-order valence-electron chi connectivity index (χ0n) is 9.63. The molecule has 0 aromatic rings. The van der Waals surface area contributed by atoms with Crippen LogP contribution in [0.3, 0.4) is 0 Å². The highest BCUT2D eigenvalue weighted by atomic mass is 16.7. The highest BCUT2D eigenvalue weighted by molar-refractivity contribution is 5.91. The Balaban J connectivity index is 0.000000249. The molecule has 0 aromatic carbocycles. The number of ether oxygens (including phenoxy) is 2. The lowest BCUT2D eigenvalue weighted by Gasteiger charge is -2.17. The van der Waals surface area contributed by atoms with Gasteiger partial charge in [0.05, 0.1) is 0 Å². The second-order valence-electron chi connectivity index (χ2n) is 4.17. The molecule has 1 aliphatic heterocycles. The number of cyclic esters (lactones) is 1. The molecule has 4 heteroatoms. The van der Waals surface area contributed by atoms with E-state index < -0.39 is 11.2 Å². The standard InChI is InChI=1S/C6H12O2.C4H6O2/c1-5(7)6(2,3)8-4;1-4(2)3(5)6-4/h1-4H3;1-2H3. The van der Waals surface area contributed by atoms with Crippen LogP contribution >= 0.6 is 0 Å². The molecule has 0 unspecified atom stereocenters. The third-order valence-electron chi connectivity index (χ3n) is 2.16. The summed E-state index contributed by atoms with van der Waals surface area (Å²) in [7, 11) is 1.53. The zero-order chi connectivity index (χ0) is 11.6. The average molecular weight is 202 g/mol. The Morgan fingerprint density at radius 1 is 1.43 bits per heavy atom. The van der Waals surface area contributed by atoms with Crippen LogP contribution in [-0.2, 0) is 19.1 Å². The molecule has 0 radical (unpaired) electrons. The van der Waals surface area contributed by atoms with Gasteiger partial charge in [0.25, 0.3) is 0 Å². The van der Waals surface area contributed by atoms with Crippen molar-refractivity contribution in [3.05, 3.63) is 0 Å². The first-order valence-electron chi connectivity index (χ1n) is 4.43. The van der Waals surface area contributed by atoms with Gasteiger partial charge in [-0.1, -0.05) is 0 Å². The van der Waals surface area contributed by atoms with Gasteiger partial charge in [0.15, 0.2) is 5.78 Å². The molecule has 1 rings (SSSR count). The number of rotatable bonds is 2. The molecule has 4 nitrogen and oxygen atoms in total. The molecule has 0 bridgehead atoms. The van der Waals surface area contributed by atoms with Crippen molar-refractivity contribution in [1.29, 1.82) is 0 Å². The van der Waals surface area contributed by atoms with Crippen LogP contribution in [0.2, 0.25) is 0 Å². The van der Waals surface area contributed by atoms with Gasteiger partial charge in [-0.3, -0.25) is 4.79 Å². The molecule has 1 fully saturated rings. The number of carbonyl (C=O) groups is 2. The molecule has 0 amide bonds. The number of ketones is 1. The van der Waals surface area contributed by atoms with Gasteiger partial charge >= 0.3 is 5.97 Å². The van der Waals surface area contributed by atoms with Crippen LogP contribution in [0, 0.1) is 0 Å². The van der Waals surface area contributed by atoms with Gasteiger partial charge in [-0.2, -0.15) is 0 Å². The molecule has 0 atom stereocenters. The van der Waals surface area contributed by atoms with Gasteiger partial charge in [0.2, 0.25) is 5.60 Å². The van der Waals surface area contributed by atoms with E-state index in [9.17, 15) is 9.59 Å². The van der Waals surface area contributed by atoms with Crippen molar-refractivity contribution in [1.82, 2.24) is 0 Å². The van der Waals surface area contributed by atoms with E-state index in [4.69, 9.17) is 4.74 Å². The maximum atomic E-state index is 10.6. The first-order valence-corrected chi connectivity index (χ1v) is 4.43. The Morgan fingerprint density at radius 2 is 1.71 bits per heavy atom. The van der Waals surface area contributed by atoms with Gasteiger partial charge in [-0.05, 0) is 34.6 Å². The fraction of sp³-hybridized carbons (Fsp3) is 0.800. The van der Waals surface area contributed by atoms with Crippen molar-refractivity contribution < 1.29 is 19.1 Å². The molecule has 1 saturated heterocycles. The van der Waals surface area contributed by atoms with Crippen LogP contribution in [-0.4, -0.2) is 30.1 Å². The van der Waals surface area contributed by atoms with Crippen LogP contribution in [0.4, 0.5) is 0 Å². The first-order chi connectivity index (χ1) is 6.13. The number of hydrogen-bond donors (Lipinski definition) is 0. The summed E-state index contributed by atoms with van der Waals surface area (Å²) in [6, 6.07) is 0. The SMILES string of the molecule is CC1(C)OC1=O.COC(C)(C)C(C)=O. The minimum Gasteiger partial charge on any atom is -0.445 e. The summed E-state index contributed by atoms with van der Waals surface area (Å²) in [6.07, 6.45) is 0. The number of carbonyl (C=O) groups excluding carboxylic acids is 2. The monoisotopic (exact) mass is 202 g/mol. The fourth-order valence-corrected chi connectivity index (χ4v) is 0.350. The Labute approximate surface area is 84.6 Å². The zero-order valence-corrected chi connectivity index (χ0v) is 9.63. The fourth-order valence-electron chi connectivity index (χ4n) is 0.350. The molecule has 0 saturated carbocycles. The molecular weight excluding hydrogens is 184 g/mol. The van der Waals surface area contributed by atoms with E-state index in [-0.39, 0.29) is 11.8 Å². The van der Waals surface area contributed by atoms with Gasteiger partial charge in [-0.25, -0.2) is 4.79 Å². The molecule has 0 aliphatic carbocycles. The van der Waals surface area contributed by atoms with E-state index >= 15 is 0 Å². The topological polar surface area (TPSA) is 55.9 Å². The minimum absolute atomic E-state index is 0.0556. The second-order valence-corrected chi connectivity index (χ2v) is 4.17. The quantitative estimate of drug-likeness (QED) is 0.634. The van der Waals surface area contributed by atoms with E-state index in [1.54, 1.807) is 27.7 Å². The summed E-state index contributed by atoms with van der Waals surface area (Å²) in [5.74, 6) is -0.0394. The number of methoxy groups -OCH3 is 1. The van der Waals surface area contributed by atoms with E-state index in [1.165, 1.54) is 14.0 Å². The van der Waals surface area contributed by atoms with Gasteiger partial charge in [0, 0.05) is 7.11 Å². The average Bonchev–Trinajstić information content (AvgIpc) is 2.57. The lowest BCUT2D eigenvalue weighted by atomic mass is 10.1. The number of epoxide rings is 1. The van der Waals surface area contributed by atoms with Gasteiger partial charge < -0.3 is 9.47 Å². The summed E-state index contributed by atoms with van der Waals surface area (Å²) in [6.45, 7) is 8.50. The third-order valence-corrected chi connectivity index (χ3v) is 2.16. The highest BCUT2D eigenvalue weighted by Crippen LogP contribution is 2.26. The first kappa shape index (κ1) is 13.1. The van der Waals surface area contributed by atoms with Crippen molar-refractivity contribution in [2.45, 2.75) is 45.8 Å². The van der Waals surface area contributed by atoms with Crippen molar-refractivity contribution in [3.63, 3.8) is 0 Å². The Morgan fingerprint density at radius 3 is 1.71 bits per heavy atom.